The van der Waals surface area contributed by atoms with Crippen molar-refractivity contribution < 1.29 is 13.9 Å². The Kier molecular flexibility index (Phi) is 5.58. The summed E-state index contributed by atoms with van der Waals surface area (Å²) in [5.74, 6) is 2.38. The molecule has 2 saturated carbocycles. The molecule has 2 nitrogen and oxygen atoms in total. The molecule has 0 aromatic heterocycles. The van der Waals surface area contributed by atoms with Crippen LogP contribution in [0.2, 0.25) is 0 Å². The molecule has 1 aromatic carbocycles. The van der Waals surface area contributed by atoms with E-state index in [2.05, 4.69) is 0 Å². The molecule has 2 aliphatic rings. The highest BCUT2D eigenvalue weighted by Gasteiger charge is 2.31. The summed E-state index contributed by atoms with van der Waals surface area (Å²) >= 11 is 0. The van der Waals surface area contributed by atoms with Crippen molar-refractivity contribution in [2.45, 2.75) is 63.4 Å². The Morgan fingerprint density at radius 1 is 0.870 bits per heavy atom. The van der Waals surface area contributed by atoms with Gasteiger partial charge in [-0.15, -0.1) is 0 Å². The summed E-state index contributed by atoms with van der Waals surface area (Å²) in [4.78, 5) is 0. The van der Waals surface area contributed by atoms with E-state index in [1.807, 2.05) is 13.2 Å². The minimum absolute atomic E-state index is 0.231. The van der Waals surface area contributed by atoms with E-state index < -0.39 is 0 Å². The predicted molar refractivity (Wildman–Crippen MR) is 90.4 cm³/mol. The molecular weight excluding hydrogens is 291 g/mol. The van der Waals surface area contributed by atoms with Crippen LogP contribution >= 0.6 is 0 Å². The van der Waals surface area contributed by atoms with Gasteiger partial charge in [-0.3, -0.25) is 0 Å². The molecular formula is C20H29FO2. The van der Waals surface area contributed by atoms with Gasteiger partial charge in [-0.2, -0.15) is 0 Å². The van der Waals surface area contributed by atoms with Gasteiger partial charge in [0.1, 0.15) is 0 Å². The molecule has 0 bridgehead atoms. The van der Waals surface area contributed by atoms with E-state index in [0.717, 1.165) is 17.4 Å². The number of ether oxygens (including phenoxy) is 2. The summed E-state index contributed by atoms with van der Waals surface area (Å²) in [5.41, 5.74) is 1.14. The van der Waals surface area contributed by atoms with E-state index in [4.69, 9.17) is 9.47 Å². The average Bonchev–Trinajstić information content (AvgIpc) is 2.62. The molecule has 0 heterocycles. The zero-order valence-electron chi connectivity index (χ0n) is 14.4. The van der Waals surface area contributed by atoms with Gasteiger partial charge in [0, 0.05) is 7.11 Å². The van der Waals surface area contributed by atoms with Crippen LogP contribution in [0.15, 0.2) is 18.2 Å². The number of rotatable bonds is 4. The second-order valence-electron chi connectivity index (χ2n) is 7.28. The van der Waals surface area contributed by atoms with Gasteiger partial charge < -0.3 is 9.47 Å². The van der Waals surface area contributed by atoms with Gasteiger partial charge in [0.25, 0.3) is 0 Å². The Hall–Kier alpha value is -1.09. The third kappa shape index (κ3) is 3.88. The van der Waals surface area contributed by atoms with Crippen molar-refractivity contribution >= 4 is 0 Å². The third-order valence-corrected chi connectivity index (χ3v) is 6.14. The topological polar surface area (TPSA) is 18.5 Å². The van der Waals surface area contributed by atoms with Crippen LogP contribution in [0.1, 0.15) is 62.8 Å². The highest BCUT2D eigenvalue weighted by atomic mass is 19.1. The molecule has 0 amide bonds. The first-order valence-corrected chi connectivity index (χ1v) is 9.07. The minimum atomic E-state index is -0.231. The molecule has 128 valence electrons. The van der Waals surface area contributed by atoms with E-state index >= 15 is 0 Å². The Labute approximate surface area is 139 Å². The summed E-state index contributed by atoms with van der Waals surface area (Å²) in [6.07, 6.45) is 10.6. The van der Waals surface area contributed by atoms with E-state index in [1.165, 1.54) is 58.5 Å². The van der Waals surface area contributed by atoms with Crippen molar-refractivity contribution in [1.82, 2.24) is 0 Å². The van der Waals surface area contributed by atoms with Crippen molar-refractivity contribution in [3.05, 3.63) is 29.6 Å². The molecule has 0 aliphatic heterocycles. The summed E-state index contributed by atoms with van der Waals surface area (Å²) in [7, 11) is 3.35. The lowest BCUT2D eigenvalue weighted by Crippen LogP contribution is -2.27. The van der Waals surface area contributed by atoms with Crippen LogP contribution < -0.4 is 4.74 Å². The number of halogens is 1. The fourth-order valence-electron chi connectivity index (χ4n) is 4.66. The first-order chi connectivity index (χ1) is 11.2. The van der Waals surface area contributed by atoms with Crippen LogP contribution in [0.4, 0.5) is 4.39 Å². The number of hydrogen-bond acceptors (Lipinski definition) is 2. The summed E-state index contributed by atoms with van der Waals surface area (Å²) < 4.78 is 24.4. The molecule has 3 heteroatoms. The quantitative estimate of drug-likeness (QED) is 0.748. The van der Waals surface area contributed by atoms with Gasteiger partial charge in [0.2, 0.25) is 0 Å². The smallest absolute Gasteiger partial charge is 0.165 e. The minimum Gasteiger partial charge on any atom is -0.494 e. The van der Waals surface area contributed by atoms with Gasteiger partial charge in [-0.1, -0.05) is 6.07 Å². The fourth-order valence-corrected chi connectivity index (χ4v) is 4.66. The van der Waals surface area contributed by atoms with Crippen molar-refractivity contribution in [2.24, 2.45) is 11.8 Å². The van der Waals surface area contributed by atoms with Crippen LogP contribution in [0.25, 0.3) is 0 Å². The highest BCUT2D eigenvalue weighted by molar-refractivity contribution is 5.31. The molecule has 2 fully saturated rings. The maximum absolute atomic E-state index is 13.9. The Balaban J connectivity index is 1.53. The zero-order chi connectivity index (χ0) is 16.2. The van der Waals surface area contributed by atoms with Gasteiger partial charge >= 0.3 is 0 Å². The van der Waals surface area contributed by atoms with Crippen molar-refractivity contribution in [2.75, 3.05) is 14.2 Å². The number of hydrogen-bond donors (Lipinski definition) is 0. The molecule has 0 spiro atoms. The maximum atomic E-state index is 13.9. The monoisotopic (exact) mass is 320 g/mol. The Morgan fingerprint density at radius 3 is 2.00 bits per heavy atom. The lowest BCUT2D eigenvalue weighted by atomic mass is 9.69. The SMILES string of the molecule is COc1ccc(C2CCC(C3CCC(OC)CC3)CC2)cc1F. The number of benzene rings is 1. The first kappa shape index (κ1) is 16.8. The van der Waals surface area contributed by atoms with Crippen molar-refractivity contribution in [3.63, 3.8) is 0 Å². The number of methoxy groups -OCH3 is 2. The Morgan fingerprint density at radius 2 is 1.48 bits per heavy atom. The van der Waals surface area contributed by atoms with Gasteiger partial charge in [-0.05, 0) is 86.8 Å². The lowest BCUT2D eigenvalue weighted by Gasteiger charge is -2.37. The molecule has 0 radical (unpaired) electrons. The van der Waals surface area contributed by atoms with Gasteiger partial charge in [0.05, 0.1) is 13.2 Å². The van der Waals surface area contributed by atoms with Crippen LogP contribution in [0.5, 0.6) is 5.75 Å². The highest BCUT2D eigenvalue weighted by Crippen LogP contribution is 2.43. The van der Waals surface area contributed by atoms with Crippen LogP contribution in [0.3, 0.4) is 0 Å². The fraction of sp³-hybridized carbons (Fsp3) is 0.700. The van der Waals surface area contributed by atoms with Crippen molar-refractivity contribution in [1.29, 1.82) is 0 Å². The Bertz CT molecular complexity index is 500. The molecule has 23 heavy (non-hydrogen) atoms. The van der Waals surface area contributed by atoms with Gasteiger partial charge in [0.15, 0.2) is 11.6 Å². The maximum Gasteiger partial charge on any atom is 0.165 e. The summed E-state index contributed by atoms with van der Waals surface area (Å²) in [6.45, 7) is 0. The van der Waals surface area contributed by atoms with Gasteiger partial charge in [-0.25, -0.2) is 4.39 Å². The molecule has 0 unspecified atom stereocenters. The molecule has 0 atom stereocenters. The molecule has 0 N–H and O–H groups in total. The van der Waals surface area contributed by atoms with E-state index in [9.17, 15) is 4.39 Å². The lowest BCUT2D eigenvalue weighted by molar-refractivity contribution is 0.0410. The zero-order valence-corrected chi connectivity index (χ0v) is 14.4. The summed E-state index contributed by atoms with van der Waals surface area (Å²) in [6, 6.07) is 5.48. The summed E-state index contributed by atoms with van der Waals surface area (Å²) in [5, 5.41) is 0. The van der Waals surface area contributed by atoms with E-state index in [1.54, 1.807) is 12.1 Å². The standard InChI is InChI=1S/C20H29FO2/c1-22-18-10-7-15(8-11-18)14-3-5-16(6-4-14)17-9-12-20(23-2)19(21)13-17/h9,12-16,18H,3-8,10-11H2,1-2H3. The molecule has 1 aromatic rings. The largest absolute Gasteiger partial charge is 0.494 e. The van der Waals surface area contributed by atoms with Crippen LogP contribution in [-0.4, -0.2) is 20.3 Å². The molecule has 2 aliphatic carbocycles. The predicted octanol–water partition coefficient (Wildman–Crippen LogP) is 5.31. The van der Waals surface area contributed by atoms with Crippen molar-refractivity contribution in [3.8, 4) is 5.75 Å². The van der Waals surface area contributed by atoms with E-state index in [0.29, 0.717) is 17.8 Å². The normalized spacial score (nSPS) is 31.8. The van der Waals surface area contributed by atoms with Crippen LogP contribution in [0, 0.1) is 17.7 Å². The second-order valence-corrected chi connectivity index (χ2v) is 7.28. The molecule has 0 saturated heterocycles. The first-order valence-electron chi connectivity index (χ1n) is 9.07. The molecule has 3 rings (SSSR count). The van der Waals surface area contributed by atoms with Crippen LogP contribution in [-0.2, 0) is 4.74 Å². The average molecular weight is 320 g/mol. The third-order valence-electron chi connectivity index (χ3n) is 6.14. The van der Waals surface area contributed by atoms with E-state index in [-0.39, 0.29) is 5.82 Å². The second kappa shape index (κ2) is 7.65.